The third-order valence-corrected chi connectivity index (χ3v) is 6.87. The standard InChI is InChI=1S/C23H23N3O4S2/c1-26-19(11-18(25-26)17-10-15(29-2)4-6-20(17)30-3)23(28)24-12-16-5-7-21(32-16)22(27)14-8-9-31-13-14/h4-11,13,22,27H,12H2,1-3H3,(H,24,28). The fraction of sp³-hybridized carbons (Fsp3) is 0.217. The maximum atomic E-state index is 12.8. The van der Waals surface area contributed by atoms with E-state index < -0.39 is 6.10 Å². The molecule has 0 bridgehead atoms. The molecular weight excluding hydrogens is 446 g/mol. The number of methoxy groups -OCH3 is 2. The van der Waals surface area contributed by atoms with Crippen LogP contribution in [0.3, 0.4) is 0 Å². The number of rotatable bonds is 8. The second-order valence-electron chi connectivity index (χ2n) is 7.05. The van der Waals surface area contributed by atoms with Crippen LogP contribution in [0.25, 0.3) is 11.3 Å². The van der Waals surface area contributed by atoms with E-state index in [0.29, 0.717) is 29.4 Å². The van der Waals surface area contributed by atoms with Gasteiger partial charge >= 0.3 is 0 Å². The molecule has 166 valence electrons. The highest BCUT2D eigenvalue weighted by Gasteiger charge is 2.18. The lowest BCUT2D eigenvalue weighted by Crippen LogP contribution is -2.24. The van der Waals surface area contributed by atoms with Gasteiger partial charge in [0.15, 0.2) is 0 Å². The molecule has 0 aliphatic rings. The van der Waals surface area contributed by atoms with Gasteiger partial charge in [-0.2, -0.15) is 16.4 Å². The number of ether oxygens (including phenoxy) is 2. The molecule has 0 aliphatic heterocycles. The highest BCUT2D eigenvalue weighted by molar-refractivity contribution is 7.12. The second-order valence-corrected chi connectivity index (χ2v) is 9.03. The van der Waals surface area contributed by atoms with Gasteiger partial charge in [0, 0.05) is 22.4 Å². The van der Waals surface area contributed by atoms with Crippen LogP contribution in [0.1, 0.15) is 31.9 Å². The second kappa shape index (κ2) is 9.56. The number of aliphatic hydroxyl groups is 1. The minimum Gasteiger partial charge on any atom is -0.497 e. The van der Waals surface area contributed by atoms with E-state index in [9.17, 15) is 9.90 Å². The summed E-state index contributed by atoms with van der Waals surface area (Å²) in [6, 6.07) is 12.9. The summed E-state index contributed by atoms with van der Waals surface area (Å²) < 4.78 is 12.3. The number of aliphatic hydroxyl groups excluding tert-OH is 1. The number of hydrogen-bond acceptors (Lipinski definition) is 7. The van der Waals surface area contributed by atoms with Crippen molar-refractivity contribution in [3.63, 3.8) is 0 Å². The zero-order chi connectivity index (χ0) is 22.7. The zero-order valence-corrected chi connectivity index (χ0v) is 19.5. The van der Waals surface area contributed by atoms with E-state index in [1.165, 1.54) is 11.3 Å². The Labute approximate surface area is 193 Å². The fourth-order valence-corrected chi connectivity index (χ4v) is 4.96. The Kier molecular flexibility index (Phi) is 6.59. The number of aromatic nitrogens is 2. The number of thiophene rings is 2. The molecule has 1 amide bonds. The first-order chi connectivity index (χ1) is 15.5. The summed E-state index contributed by atoms with van der Waals surface area (Å²) in [5.74, 6) is 1.09. The quantitative estimate of drug-likeness (QED) is 0.403. The van der Waals surface area contributed by atoms with Gasteiger partial charge in [0.2, 0.25) is 0 Å². The number of hydrogen-bond donors (Lipinski definition) is 2. The third kappa shape index (κ3) is 4.55. The average Bonchev–Trinajstić information content (AvgIpc) is 3.57. The van der Waals surface area contributed by atoms with Crippen LogP contribution in [0.5, 0.6) is 11.5 Å². The Morgan fingerprint density at radius 3 is 2.75 bits per heavy atom. The molecule has 0 fully saturated rings. The zero-order valence-electron chi connectivity index (χ0n) is 17.9. The molecule has 0 saturated carbocycles. The molecule has 3 heterocycles. The summed E-state index contributed by atoms with van der Waals surface area (Å²) in [4.78, 5) is 14.6. The molecule has 7 nitrogen and oxygen atoms in total. The van der Waals surface area contributed by atoms with Crippen molar-refractivity contribution in [2.75, 3.05) is 14.2 Å². The molecule has 1 aromatic carbocycles. The summed E-state index contributed by atoms with van der Waals surface area (Å²) in [5.41, 5.74) is 2.67. The van der Waals surface area contributed by atoms with Crippen molar-refractivity contribution in [1.29, 1.82) is 0 Å². The van der Waals surface area contributed by atoms with E-state index in [0.717, 1.165) is 20.9 Å². The van der Waals surface area contributed by atoms with Crippen LogP contribution in [0.4, 0.5) is 0 Å². The van der Waals surface area contributed by atoms with Gasteiger partial charge < -0.3 is 19.9 Å². The molecule has 4 aromatic rings. The Morgan fingerprint density at radius 2 is 2.03 bits per heavy atom. The Balaban J connectivity index is 1.47. The molecule has 0 spiro atoms. The Hall–Kier alpha value is -3.14. The van der Waals surface area contributed by atoms with Gasteiger partial charge in [-0.3, -0.25) is 9.48 Å². The molecule has 1 unspecified atom stereocenters. The maximum Gasteiger partial charge on any atom is 0.269 e. The van der Waals surface area contributed by atoms with E-state index in [-0.39, 0.29) is 5.91 Å². The summed E-state index contributed by atoms with van der Waals surface area (Å²) >= 11 is 3.03. The highest BCUT2D eigenvalue weighted by atomic mass is 32.1. The van der Waals surface area contributed by atoms with Gasteiger partial charge in [-0.1, -0.05) is 0 Å². The van der Waals surface area contributed by atoms with Crippen molar-refractivity contribution in [3.05, 3.63) is 74.2 Å². The average molecular weight is 470 g/mol. The minimum atomic E-state index is -0.645. The molecule has 3 aromatic heterocycles. The van der Waals surface area contributed by atoms with Crippen LogP contribution in [0.15, 0.2) is 53.2 Å². The number of nitrogens with zero attached hydrogens (tertiary/aromatic N) is 2. The highest BCUT2D eigenvalue weighted by Crippen LogP contribution is 2.33. The smallest absolute Gasteiger partial charge is 0.269 e. The maximum absolute atomic E-state index is 12.8. The molecule has 9 heteroatoms. The number of carbonyl (C=O) groups excluding carboxylic acids is 1. The predicted octanol–water partition coefficient (Wildman–Crippen LogP) is 4.24. The van der Waals surface area contributed by atoms with Gasteiger partial charge in [-0.15, -0.1) is 11.3 Å². The largest absolute Gasteiger partial charge is 0.497 e. The number of aryl methyl sites for hydroxylation is 1. The summed E-state index contributed by atoms with van der Waals surface area (Å²) in [7, 11) is 4.91. The van der Waals surface area contributed by atoms with Crippen molar-refractivity contribution < 1.29 is 19.4 Å². The van der Waals surface area contributed by atoms with Crippen LogP contribution in [0.2, 0.25) is 0 Å². The van der Waals surface area contributed by atoms with Crippen LogP contribution in [-0.4, -0.2) is 35.0 Å². The van der Waals surface area contributed by atoms with Gasteiger partial charge in [-0.25, -0.2) is 0 Å². The first kappa shape index (κ1) is 22.1. The SMILES string of the molecule is COc1ccc(OC)c(-c2cc(C(=O)NCc3ccc(C(O)c4ccsc4)s3)n(C)n2)c1. The van der Waals surface area contributed by atoms with Crippen LogP contribution in [-0.2, 0) is 13.6 Å². The van der Waals surface area contributed by atoms with Crippen molar-refractivity contribution in [1.82, 2.24) is 15.1 Å². The summed E-state index contributed by atoms with van der Waals surface area (Å²) in [5, 5.41) is 21.8. The van der Waals surface area contributed by atoms with Gasteiger partial charge in [0.25, 0.3) is 5.91 Å². The molecule has 0 aliphatic carbocycles. The van der Waals surface area contributed by atoms with E-state index in [2.05, 4.69) is 10.4 Å². The molecule has 32 heavy (non-hydrogen) atoms. The first-order valence-corrected chi connectivity index (χ1v) is 11.6. The molecule has 0 saturated heterocycles. The fourth-order valence-electron chi connectivity index (χ4n) is 3.31. The van der Waals surface area contributed by atoms with E-state index in [1.807, 2.05) is 47.2 Å². The molecule has 2 N–H and O–H groups in total. The predicted molar refractivity (Wildman–Crippen MR) is 126 cm³/mol. The Bertz CT molecular complexity index is 1210. The van der Waals surface area contributed by atoms with Gasteiger partial charge in [0.1, 0.15) is 23.3 Å². The number of amides is 1. The van der Waals surface area contributed by atoms with Gasteiger partial charge in [-0.05, 0) is 58.8 Å². The number of benzene rings is 1. The molecule has 1 atom stereocenters. The van der Waals surface area contributed by atoms with Crippen LogP contribution < -0.4 is 14.8 Å². The van der Waals surface area contributed by atoms with Crippen LogP contribution in [0, 0.1) is 0 Å². The van der Waals surface area contributed by atoms with E-state index in [4.69, 9.17) is 9.47 Å². The lowest BCUT2D eigenvalue weighted by Gasteiger charge is -2.08. The number of nitrogens with one attached hydrogen (secondary N) is 1. The van der Waals surface area contributed by atoms with Crippen molar-refractivity contribution in [2.45, 2.75) is 12.6 Å². The topological polar surface area (TPSA) is 85.6 Å². The number of carbonyl (C=O) groups is 1. The van der Waals surface area contributed by atoms with E-state index in [1.54, 1.807) is 43.4 Å². The normalized spacial score (nSPS) is 11.9. The minimum absolute atomic E-state index is 0.235. The molecule has 0 radical (unpaired) electrons. The lowest BCUT2D eigenvalue weighted by atomic mass is 10.1. The summed E-state index contributed by atoms with van der Waals surface area (Å²) in [6.07, 6.45) is -0.645. The first-order valence-electron chi connectivity index (χ1n) is 9.83. The molecule has 4 rings (SSSR count). The summed E-state index contributed by atoms with van der Waals surface area (Å²) in [6.45, 7) is 0.364. The van der Waals surface area contributed by atoms with Crippen molar-refractivity contribution in [2.24, 2.45) is 7.05 Å². The van der Waals surface area contributed by atoms with Crippen molar-refractivity contribution >= 4 is 28.6 Å². The van der Waals surface area contributed by atoms with Crippen molar-refractivity contribution in [3.8, 4) is 22.8 Å². The third-order valence-electron chi connectivity index (χ3n) is 5.03. The monoisotopic (exact) mass is 469 g/mol. The van der Waals surface area contributed by atoms with E-state index >= 15 is 0 Å². The molecular formula is C23H23N3O4S2. The lowest BCUT2D eigenvalue weighted by molar-refractivity contribution is 0.0942. The van der Waals surface area contributed by atoms with Crippen LogP contribution >= 0.6 is 22.7 Å². The Morgan fingerprint density at radius 1 is 1.19 bits per heavy atom. The van der Waals surface area contributed by atoms with Gasteiger partial charge in [0.05, 0.1) is 26.5 Å².